The maximum absolute atomic E-state index is 12.8. The van der Waals surface area contributed by atoms with Crippen molar-refractivity contribution in [2.75, 3.05) is 13.2 Å². The Kier molecular flexibility index (Phi) is 48.4. The lowest BCUT2D eigenvalue weighted by molar-refractivity contribution is -0.166. The molecule has 62 heavy (non-hydrogen) atoms. The molecule has 0 aromatic carbocycles. The molecule has 0 aromatic heterocycles. The molecular formula is C56H98O6. The zero-order valence-corrected chi connectivity index (χ0v) is 40.9. The van der Waals surface area contributed by atoms with Crippen LogP contribution in [0.25, 0.3) is 0 Å². The van der Waals surface area contributed by atoms with Gasteiger partial charge in [0.25, 0.3) is 0 Å². The van der Waals surface area contributed by atoms with Gasteiger partial charge in [-0.05, 0) is 57.8 Å². The summed E-state index contributed by atoms with van der Waals surface area (Å²) >= 11 is 0. The molecule has 0 radical (unpaired) electrons. The molecule has 358 valence electrons. The van der Waals surface area contributed by atoms with Crippen LogP contribution in [0, 0.1) is 0 Å². The van der Waals surface area contributed by atoms with E-state index in [0.29, 0.717) is 19.3 Å². The van der Waals surface area contributed by atoms with Crippen molar-refractivity contribution in [2.24, 2.45) is 0 Å². The van der Waals surface area contributed by atoms with Crippen molar-refractivity contribution >= 4 is 17.9 Å². The Bertz CT molecular complexity index is 1130. The molecule has 0 rings (SSSR count). The van der Waals surface area contributed by atoms with Crippen LogP contribution >= 0.6 is 0 Å². The molecule has 6 heteroatoms. The molecule has 0 unspecified atom stereocenters. The minimum absolute atomic E-state index is 0.100. The molecule has 0 spiro atoms. The fourth-order valence-corrected chi connectivity index (χ4v) is 7.31. The molecule has 0 N–H and O–H groups in total. The second-order valence-corrected chi connectivity index (χ2v) is 17.4. The van der Waals surface area contributed by atoms with Gasteiger partial charge >= 0.3 is 17.9 Å². The van der Waals surface area contributed by atoms with Gasteiger partial charge in [0.2, 0.25) is 0 Å². The SMILES string of the molecule is CCCCC/C=C\C/C=C\C/C=C\C/C=C\C/C=C\CCC(=O)O[C@@H](COC(=O)CCCCCCCCCCCCCC)COC(=O)CCCCCCCCCCCCCCC. The quantitative estimate of drug-likeness (QED) is 0.0262. The van der Waals surface area contributed by atoms with E-state index >= 15 is 0 Å². The van der Waals surface area contributed by atoms with Crippen LogP contribution in [0.2, 0.25) is 0 Å². The van der Waals surface area contributed by atoms with Crippen molar-refractivity contribution in [3.63, 3.8) is 0 Å². The van der Waals surface area contributed by atoms with Crippen molar-refractivity contribution in [1.82, 2.24) is 0 Å². The number of esters is 3. The van der Waals surface area contributed by atoms with E-state index in [0.717, 1.165) is 64.2 Å². The predicted octanol–water partition coefficient (Wildman–Crippen LogP) is 17.3. The number of carbonyl (C=O) groups is 3. The van der Waals surface area contributed by atoms with Gasteiger partial charge in [-0.2, -0.15) is 0 Å². The summed E-state index contributed by atoms with van der Waals surface area (Å²) in [6.45, 7) is 6.55. The highest BCUT2D eigenvalue weighted by Gasteiger charge is 2.19. The summed E-state index contributed by atoms with van der Waals surface area (Å²) in [5, 5.41) is 0. The van der Waals surface area contributed by atoms with Crippen molar-refractivity contribution in [3.05, 3.63) is 60.8 Å². The topological polar surface area (TPSA) is 78.9 Å². The number of unbranched alkanes of at least 4 members (excludes halogenated alkanes) is 26. The molecule has 0 saturated heterocycles. The Labute approximate surface area is 383 Å². The lowest BCUT2D eigenvalue weighted by Crippen LogP contribution is -2.30. The maximum atomic E-state index is 12.8. The fraction of sp³-hybridized carbons (Fsp3) is 0.768. The van der Waals surface area contributed by atoms with E-state index < -0.39 is 6.10 Å². The van der Waals surface area contributed by atoms with Gasteiger partial charge in [0.05, 0.1) is 0 Å². The first-order chi connectivity index (χ1) is 30.5. The second kappa shape index (κ2) is 50.8. The highest BCUT2D eigenvalue weighted by Crippen LogP contribution is 2.15. The molecule has 0 aliphatic heterocycles. The van der Waals surface area contributed by atoms with E-state index in [2.05, 4.69) is 75.5 Å². The molecule has 0 aliphatic rings. The lowest BCUT2D eigenvalue weighted by atomic mass is 10.0. The molecule has 6 nitrogen and oxygen atoms in total. The average molecular weight is 867 g/mol. The Morgan fingerprint density at radius 3 is 0.968 bits per heavy atom. The first-order valence-electron chi connectivity index (χ1n) is 26.3. The van der Waals surface area contributed by atoms with Gasteiger partial charge in [0.1, 0.15) is 13.2 Å². The van der Waals surface area contributed by atoms with Crippen LogP contribution in [0.4, 0.5) is 0 Å². The van der Waals surface area contributed by atoms with Crippen LogP contribution in [0.15, 0.2) is 60.8 Å². The van der Waals surface area contributed by atoms with E-state index in [1.807, 2.05) is 6.08 Å². The molecule has 0 aromatic rings. The average Bonchev–Trinajstić information content (AvgIpc) is 3.27. The zero-order valence-electron chi connectivity index (χ0n) is 40.9. The largest absolute Gasteiger partial charge is 0.462 e. The third-order valence-corrected chi connectivity index (χ3v) is 11.3. The van der Waals surface area contributed by atoms with Crippen LogP contribution < -0.4 is 0 Å². The van der Waals surface area contributed by atoms with Crippen molar-refractivity contribution < 1.29 is 28.6 Å². The van der Waals surface area contributed by atoms with Crippen LogP contribution in [-0.4, -0.2) is 37.2 Å². The van der Waals surface area contributed by atoms with Crippen LogP contribution in [0.3, 0.4) is 0 Å². The summed E-state index contributed by atoms with van der Waals surface area (Å²) < 4.78 is 16.7. The van der Waals surface area contributed by atoms with Crippen molar-refractivity contribution in [2.45, 2.75) is 264 Å². The Balaban J connectivity index is 4.48. The summed E-state index contributed by atoms with van der Waals surface area (Å²) in [6.07, 6.45) is 62.1. The number of allylic oxidation sites excluding steroid dienone is 10. The zero-order chi connectivity index (χ0) is 45.1. The van der Waals surface area contributed by atoms with Crippen molar-refractivity contribution in [1.29, 1.82) is 0 Å². The molecule has 1 atom stereocenters. The molecule has 0 aliphatic carbocycles. The Morgan fingerprint density at radius 1 is 0.323 bits per heavy atom. The molecule has 0 heterocycles. The molecular weight excluding hydrogens is 769 g/mol. The van der Waals surface area contributed by atoms with Crippen LogP contribution in [0.5, 0.6) is 0 Å². The number of rotatable bonds is 47. The van der Waals surface area contributed by atoms with E-state index in [1.165, 1.54) is 148 Å². The summed E-state index contributed by atoms with van der Waals surface area (Å²) in [6, 6.07) is 0. The highest BCUT2D eigenvalue weighted by atomic mass is 16.6. The van der Waals surface area contributed by atoms with E-state index in [-0.39, 0.29) is 37.5 Å². The molecule has 0 amide bonds. The third kappa shape index (κ3) is 48.1. The first-order valence-corrected chi connectivity index (χ1v) is 26.3. The minimum atomic E-state index is -0.809. The summed E-state index contributed by atoms with van der Waals surface area (Å²) in [5.74, 6) is -0.977. The fourth-order valence-electron chi connectivity index (χ4n) is 7.31. The first kappa shape index (κ1) is 59.1. The Morgan fingerprint density at radius 2 is 0.613 bits per heavy atom. The van der Waals surface area contributed by atoms with Crippen LogP contribution in [0.1, 0.15) is 258 Å². The summed E-state index contributed by atoms with van der Waals surface area (Å²) in [5.41, 5.74) is 0. The Hall–Kier alpha value is -2.89. The third-order valence-electron chi connectivity index (χ3n) is 11.3. The van der Waals surface area contributed by atoms with Gasteiger partial charge in [-0.1, -0.05) is 242 Å². The van der Waals surface area contributed by atoms with Gasteiger partial charge in [0.15, 0.2) is 6.10 Å². The van der Waals surface area contributed by atoms with Gasteiger partial charge in [-0.15, -0.1) is 0 Å². The highest BCUT2D eigenvalue weighted by molar-refractivity contribution is 5.71. The number of hydrogen-bond donors (Lipinski definition) is 0. The lowest BCUT2D eigenvalue weighted by Gasteiger charge is -2.18. The molecule has 0 fully saturated rings. The minimum Gasteiger partial charge on any atom is -0.462 e. The van der Waals surface area contributed by atoms with Gasteiger partial charge in [-0.25, -0.2) is 0 Å². The van der Waals surface area contributed by atoms with Gasteiger partial charge in [0, 0.05) is 19.3 Å². The second-order valence-electron chi connectivity index (χ2n) is 17.4. The summed E-state index contributed by atoms with van der Waals surface area (Å²) in [7, 11) is 0. The normalized spacial score (nSPS) is 12.5. The standard InChI is InChI=1S/C56H98O6/c1-4-7-10-13-16-19-22-25-26-27-28-29-30-32-35-38-41-44-47-50-56(59)62-53(51-60-54(57)48-45-42-39-36-33-24-21-18-15-12-9-6-3)52-61-55(58)49-46-43-40-37-34-31-23-20-17-14-11-8-5-2/h16,19,25-26,28-29,32,35,41,44,53H,4-15,17-18,20-24,27,30-31,33-34,36-40,42-43,45-52H2,1-3H3/b19-16-,26-25-,29-28-,35-32-,44-41-/t53-/m0/s1. The van der Waals surface area contributed by atoms with E-state index in [1.54, 1.807) is 0 Å². The van der Waals surface area contributed by atoms with Gasteiger partial charge < -0.3 is 14.2 Å². The predicted molar refractivity (Wildman–Crippen MR) is 265 cm³/mol. The van der Waals surface area contributed by atoms with E-state index in [4.69, 9.17) is 14.2 Å². The molecule has 0 bridgehead atoms. The number of hydrogen-bond acceptors (Lipinski definition) is 6. The number of carbonyl (C=O) groups excluding carboxylic acids is 3. The smallest absolute Gasteiger partial charge is 0.306 e. The summed E-state index contributed by atoms with van der Waals surface area (Å²) in [4.78, 5) is 37.9. The molecule has 0 saturated carbocycles. The monoisotopic (exact) mass is 867 g/mol. The number of ether oxygens (including phenoxy) is 3. The maximum Gasteiger partial charge on any atom is 0.306 e. The van der Waals surface area contributed by atoms with E-state index in [9.17, 15) is 14.4 Å². The van der Waals surface area contributed by atoms with Crippen molar-refractivity contribution in [3.8, 4) is 0 Å². The van der Waals surface area contributed by atoms with Crippen LogP contribution in [-0.2, 0) is 28.6 Å². The van der Waals surface area contributed by atoms with Gasteiger partial charge in [-0.3, -0.25) is 14.4 Å².